The Balaban J connectivity index is 1.83. The zero-order chi connectivity index (χ0) is 19.1. The molecule has 7 nitrogen and oxygen atoms in total. The van der Waals surface area contributed by atoms with Gasteiger partial charge in [0.15, 0.2) is 6.10 Å². The van der Waals surface area contributed by atoms with E-state index in [2.05, 4.69) is 5.32 Å². The minimum Gasteiger partial charge on any atom is -0.494 e. The van der Waals surface area contributed by atoms with Gasteiger partial charge < -0.3 is 24.4 Å². The predicted molar refractivity (Wildman–Crippen MR) is 97.2 cm³/mol. The van der Waals surface area contributed by atoms with Gasteiger partial charge >= 0.3 is 12.0 Å². The van der Waals surface area contributed by atoms with Gasteiger partial charge in [-0.15, -0.1) is 0 Å². The van der Waals surface area contributed by atoms with Crippen LogP contribution < -0.4 is 10.1 Å². The highest BCUT2D eigenvalue weighted by Crippen LogP contribution is 2.17. The lowest BCUT2D eigenvalue weighted by molar-refractivity contribution is -0.156. The van der Waals surface area contributed by atoms with E-state index in [1.54, 1.807) is 11.9 Å². The highest BCUT2D eigenvalue weighted by molar-refractivity contribution is 5.76. The second-order valence-corrected chi connectivity index (χ2v) is 6.63. The Bertz CT molecular complexity index is 602. The highest BCUT2D eigenvalue weighted by Gasteiger charge is 2.26. The number of nitrogens with zero attached hydrogens (tertiary/aromatic N) is 1. The van der Waals surface area contributed by atoms with Crippen molar-refractivity contribution in [1.82, 2.24) is 10.2 Å². The third-order valence-corrected chi connectivity index (χ3v) is 4.32. The molecule has 1 aromatic rings. The van der Waals surface area contributed by atoms with Gasteiger partial charge in [0, 0.05) is 26.4 Å². The van der Waals surface area contributed by atoms with Crippen LogP contribution in [-0.4, -0.2) is 62.5 Å². The first-order valence-corrected chi connectivity index (χ1v) is 8.86. The Kier molecular flexibility index (Phi) is 7.26. The number of methoxy groups -OCH3 is 1. The van der Waals surface area contributed by atoms with Gasteiger partial charge in [0.1, 0.15) is 5.75 Å². The quantitative estimate of drug-likeness (QED) is 0.678. The number of esters is 1. The van der Waals surface area contributed by atoms with Gasteiger partial charge in [-0.1, -0.05) is 12.1 Å². The number of hydrogen-bond donors (Lipinski definition) is 1. The van der Waals surface area contributed by atoms with Gasteiger partial charge in [-0.25, -0.2) is 9.59 Å². The fraction of sp³-hybridized carbons (Fsp3) is 0.579. The van der Waals surface area contributed by atoms with Crippen molar-refractivity contribution in [3.63, 3.8) is 0 Å². The van der Waals surface area contributed by atoms with Crippen LogP contribution in [0.3, 0.4) is 0 Å². The van der Waals surface area contributed by atoms with E-state index in [0.717, 1.165) is 17.7 Å². The minimum absolute atomic E-state index is 0.0388. The van der Waals surface area contributed by atoms with Crippen LogP contribution in [0.1, 0.15) is 25.8 Å². The lowest BCUT2D eigenvalue weighted by atomic mass is 10.1. The molecule has 0 spiro atoms. The molecule has 2 amide bonds. The molecule has 1 aliphatic rings. The summed E-state index contributed by atoms with van der Waals surface area (Å²) in [6.45, 7) is 4.96. The Labute approximate surface area is 154 Å². The Morgan fingerprint density at radius 1 is 1.31 bits per heavy atom. The van der Waals surface area contributed by atoms with E-state index in [0.29, 0.717) is 19.6 Å². The van der Waals surface area contributed by atoms with E-state index in [9.17, 15) is 9.59 Å². The van der Waals surface area contributed by atoms with Crippen LogP contribution in [0.2, 0.25) is 0 Å². The van der Waals surface area contributed by atoms with Gasteiger partial charge in [-0.2, -0.15) is 0 Å². The number of hydrogen-bond acceptors (Lipinski definition) is 5. The topological polar surface area (TPSA) is 77.1 Å². The van der Waals surface area contributed by atoms with Gasteiger partial charge in [0.05, 0.1) is 25.9 Å². The van der Waals surface area contributed by atoms with Crippen LogP contribution in [0.4, 0.5) is 4.79 Å². The average Bonchev–Trinajstić information content (AvgIpc) is 2.93. The summed E-state index contributed by atoms with van der Waals surface area (Å²) in [5, 5.41) is 2.80. The zero-order valence-corrected chi connectivity index (χ0v) is 15.9. The second kappa shape index (κ2) is 9.43. The number of rotatable bonds is 9. The molecular weight excluding hydrogens is 336 g/mol. The summed E-state index contributed by atoms with van der Waals surface area (Å²) in [4.78, 5) is 24.9. The summed E-state index contributed by atoms with van der Waals surface area (Å²) in [6.07, 6.45) is 0.543. The average molecular weight is 364 g/mol. The predicted octanol–water partition coefficient (Wildman–Crippen LogP) is 1.99. The molecule has 1 aromatic carbocycles. The van der Waals surface area contributed by atoms with Crippen molar-refractivity contribution in [3.05, 3.63) is 29.8 Å². The lowest BCUT2D eigenvalue weighted by Crippen LogP contribution is -2.31. The first-order chi connectivity index (χ1) is 12.4. The summed E-state index contributed by atoms with van der Waals surface area (Å²) >= 11 is 0. The number of urea groups is 1. The molecule has 2 atom stereocenters. The van der Waals surface area contributed by atoms with Gasteiger partial charge in [0.2, 0.25) is 0 Å². The smallest absolute Gasteiger partial charge is 0.335 e. The molecule has 0 aliphatic carbocycles. The summed E-state index contributed by atoms with van der Waals surface area (Å²) < 4.78 is 16.2. The van der Waals surface area contributed by atoms with Crippen LogP contribution >= 0.6 is 0 Å². The molecule has 2 unspecified atom stereocenters. The third-order valence-electron chi connectivity index (χ3n) is 4.32. The maximum Gasteiger partial charge on any atom is 0.335 e. The maximum atomic E-state index is 11.8. The molecule has 1 N–H and O–H groups in total. The molecule has 26 heavy (non-hydrogen) atoms. The summed E-state index contributed by atoms with van der Waals surface area (Å²) in [5.74, 6) is 0.385. The largest absolute Gasteiger partial charge is 0.494 e. The molecule has 7 heteroatoms. The van der Waals surface area contributed by atoms with Crippen LogP contribution in [0, 0.1) is 0 Å². The fourth-order valence-corrected chi connectivity index (χ4v) is 2.82. The number of benzene rings is 1. The number of amides is 2. The molecule has 1 heterocycles. The van der Waals surface area contributed by atoms with Crippen LogP contribution in [-0.2, 0) is 20.7 Å². The Morgan fingerprint density at radius 3 is 2.54 bits per heavy atom. The van der Waals surface area contributed by atoms with Crippen molar-refractivity contribution < 1.29 is 23.8 Å². The van der Waals surface area contributed by atoms with Crippen LogP contribution in [0.15, 0.2) is 24.3 Å². The van der Waals surface area contributed by atoms with Crippen molar-refractivity contribution in [3.8, 4) is 5.75 Å². The number of carbonyl (C=O) groups excluding carboxylic acids is 2. The number of nitrogens with one attached hydrogen (secondary N) is 1. The summed E-state index contributed by atoms with van der Waals surface area (Å²) in [6, 6.07) is 7.71. The monoisotopic (exact) mass is 364 g/mol. The van der Waals surface area contributed by atoms with E-state index >= 15 is 0 Å². The molecule has 1 fully saturated rings. The molecule has 0 bridgehead atoms. The second-order valence-electron chi connectivity index (χ2n) is 6.63. The Morgan fingerprint density at radius 2 is 2.00 bits per heavy atom. The van der Waals surface area contributed by atoms with E-state index in [1.807, 2.05) is 38.1 Å². The standard InChI is InChI=1S/C19H28N2O5/c1-13(2)26-17(18(22)24-4)11-14-5-7-16(8-6-14)25-10-9-15-12-20-19(23)21(15)3/h5-8,13,15,17H,9-12H2,1-4H3,(H,20,23). The number of ether oxygens (including phenoxy) is 3. The molecule has 2 rings (SSSR count). The number of carbonyl (C=O) groups is 2. The minimum atomic E-state index is -0.616. The molecule has 144 valence electrons. The summed E-state index contributed by atoms with van der Waals surface area (Å²) in [5.41, 5.74) is 0.971. The normalized spacial score (nSPS) is 18.0. The maximum absolute atomic E-state index is 11.8. The van der Waals surface area contributed by atoms with Crippen molar-refractivity contribution in [2.75, 3.05) is 27.3 Å². The van der Waals surface area contributed by atoms with Crippen molar-refractivity contribution >= 4 is 12.0 Å². The van der Waals surface area contributed by atoms with E-state index in [1.165, 1.54) is 7.11 Å². The molecule has 0 saturated carbocycles. The SMILES string of the molecule is COC(=O)C(Cc1ccc(OCCC2CNC(=O)N2C)cc1)OC(C)C. The van der Waals surface area contributed by atoms with Gasteiger partial charge in [-0.3, -0.25) is 0 Å². The number of likely N-dealkylation sites (N-methyl/N-ethyl adjacent to an activating group) is 1. The van der Waals surface area contributed by atoms with E-state index in [-0.39, 0.29) is 24.1 Å². The molecular formula is C19H28N2O5. The third kappa shape index (κ3) is 5.62. The van der Waals surface area contributed by atoms with Crippen LogP contribution in [0.5, 0.6) is 5.75 Å². The van der Waals surface area contributed by atoms with Gasteiger partial charge in [0.25, 0.3) is 0 Å². The van der Waals surface area contributed by atoms with E-state index in [4.69, 9.17) is 14.2 Å². The summed E-state index contributed by atoms with van der Waals surface area (Å²) in [7, 11) is 3.15. The van der Waals surface area contributed by atoms with Crippen molar-refractivity contribution in [1.29, 1.82) is 0 Å². The van der Waals surface area contributed by atoms with E-state index < -0.39 is 6.10 Å². The highest BCUT2D eigenvalue weighted by atomic mass is 16.6. The Hall–Kier alpha value is -2.28. The molecule has 0 aromatic heterocycles. The van der Waals surface area contributed by atoms with Crippen LogP contribution in [0.25, 0.3) is 0 Å². The van der Waals surface area contributed by atoms with Crippen molar-refractivity contribution in [2.24, 2.45) is 0 Å². The molecule has 0 radical (unpaired) electrons. The zero-order valence-electron chi connectivity index (χ0n) is 15.9. The fourth-order valence-electron chi connectivity index (χ4n) is 2.82. The van der Waals surface area contributed by atoms with Crippen molar-refractivity contribution in [2.45, 2.75) is 44.9 Å². The molecule has 1 saturated heterocycles. The van der Waals surface area contributed by atoms with Gasteiger partial charge in [-0.05, 0) is 31.5 Å². The lowest BCUT2D eigenvalue weighted by Gasteiger charge is -2.19. The first kappa shape index (κ1) is 20.0. The molecule has 1 aliphatic heterocycles. The first-order valence-electron chi connectivity index (χ1n) is 8.86.